The molecule has 0 aliphatic carbocycles. The van der Waals surface area contributed by atoms with Gasteiger partial charge in [-0.2, -0.15) is 0 Å². The molecule has 0 spiro atoms. The van der Waals surface area contributed by atoms with Crippen LogP contribution in [0.3, 0.4) is 0 Å². The molecule has 0 saturated carbocycles. The number of rotatable bonds is 1. The van der Waals surface area contributed by atoms with Gasteiger partial charge >= 0.3 is 0 Å². The van der Waals surface area contributed by atoms with Gasteiger partial charge in [0, 0.05) is 4.90 Å². The molecule has 114 valence electrons. The second kappa shape index (κ2) is 10.2. The van der Waals surface area contributed by atoms with Gasteiger partial charge in [-0.05, 0) is 58.9 Å². The highest BCUT2D eigenvalue weighted by molar-refractivity contribution is 7.80. The monoisotopic (exact) mass is 298 g/mol. The zero-order valence-electron chi connectivity index (χ0n) is 12.9. The van der Waals surface area contributed by atoms with Crippen LogP contribution >= 0.6 is 12.6 Å². The molecular formula is C15H26N2O2S. The van der Waals surface area contributed by atoms with E-state index in [1.807, 2.05) is 45.0 Å². The van der Waals surface area contributed by atoms with Crippen molar-refractivity contribution in [2.45, 2.75) is 45.1 Å². The lowest BCUT2D eigenvalue weighted by atomic mass is 10.2. The average molecular weight is 298 g/mol. The molecule has 0 radical (unpaired) electrons. The lowest BCUT2D eigenvalue weighted by molar-refractivity contribution is 0.131. The number of aliphatic hydroxyl groups excluding tert-OH is 1. The maximum atomic E-state index is 7.86. The van der Waals surface area contributed by atoms with Gasteiger partial charge in [0.05, 0.1) is 11.6 Å². The molecule has 1 rings (SSSR count). The van der Waals surface area contributed by atoms with Gasteiger partial charge in [-0.15, -0.1) is 12.6 Å². The fraction of sp³-hybridized carbons (Fsp3) is 0.400. The van der Waals surface area contributed by atoms with E-state index in [1.54, 1.807) is 0 Å². The Balaban J connectivity index is 0. The smallest absolute Gasteiger partial charge is 0.120 e. The van der Waals surface area contributed by atoms with Crippen molar-refractivity contribution in [1.29, 1.82) is 5.41 Å². The van der Waals surface area contributed by atoms with Crippen LogP contribution in [0, 0.1) is 5.41 Å². The third kappa shape index (κ3) is 21.6. The van der Waals surface area contributed by atoms with Crippen molar-refractivity contribution in [2.75, 3.05) is 0 Å². The first kappa shape index (κ1) is 20.7. The molecular weight excluding hydrogens is 272 g/mol. The van der Waals surface area contributed by atoms with E-state index >= 15 is 0 Å². The topological polar surface area (TPSA) is 79.3 Å². The predicted molar refractivity (Wildman–Crippen MR) is 89.1 cm³/mol. The quantitative estimate of drug-likeness (QED) is 0.272. The van der Waals surface area contributed by atoms with E-state index in [1.165, 1.54) is 13.8 Å². The first-order valence-electron chi connectivity index (χ1n) is 6.07. The third-order valence-electron chi connectivity index (χ3n) is 1.26. The number of aliphatic hydroxyl groups is 1. The zero-order chi connectivity index (χ0) is 16.3. The number of nitrogens with one attached hydrogen (secondary N) is 1. The number of benzene rings is 1. The first-order chi connectivity index (χ1) is 8.94. The number of ether oxygens (including phenoxy) is 1. The van der Waals surface area contributed by atoms with Crippen LogP contribution in [0.25, 0.3) is 0 Å². The van der Waals surface area contributed by atoms with Gasteiger partial charge in [0.15, 0.2) is 0 Å². The van der Waals surface area contributed by atoms with Gasteiger partial charge in [0.25, 0.3) is 0 Å². The third-order valence-corrected chi connectivity index (χ3v) is 1.56. The van der Waals surface area contributed by atoms with E-state index in [4.69, 9.17) is 21.0 Å². The molecule has 0 amide bonds. The molecule has 1 aromatic rings. The molecule has 0 aliphatic heterocycles. The summed E-state index contributed by atoms with van der Waals surface area (Å²) in [7, 11) is 0. The minimum Gasteiger partial charge on any atom is -0.513 e. The molecule has 5 heteroatoms. The number of thiol groups is 1. The summed E-state index contributed by atoms with van der Waals surface area (Å²) in [4.78, 5) is 0.955. The van der Waals surface area contributed by atoms with E-state index in [0.717, 1.165) is 10.6 Å². The van der Waals surface area contributed by atoms with Crippen LogP contribution in [0.2, 0.25) is 0 Å². The Kier molecular flexibility index (Phi) is 10.6. The van der Waals surface area contributed by atoms with Crippen LogP contribution in [0.15, 0.2) is 41.5 Å². The van der Waals surface area contributed by atoms with E-state index in [-0.39, 0.29) is 17.2 Å². The van der Waals surface area contributed by atoms with Crippen molar-refractivity contribution >= 4 is 18.5 Å². The fourth-order valence-electron chi connectivity index (χ4n) is 0.868. The van der Waals surface area contributed by atoms with Crippen LogP contribution in [0.4, 0.5) is 0 Å². The Labute approximate surface area is 127 Å². The minimum atomic E-state index is -0.127. The summed E-state index contributed by atoms with van der Waals surface area (Å²) in [5.41, 5.74) is 4.57. The van der Waals surface area contributed by atoms with Gasteiger partial charge in [-0.3, -0.25) is 5.41 Å². The van der Waals surface area contributed by atoms with Crippen LogP contribution < -0.4 is 10.5 Å². The Morgan fingerprint density at radius 1 is 1.25 bits per heavy atom. The second-order valence-electron chi connectivity index (χ2n) is 5.13. The van der Waals surface area contributed by atoms with Gasteiger partial charge in [0.2, 0.25) is 0 Å². The number of hydrogen-bond acceptors (Lipinski definition) is 4. The van der Waals surface area contributed by atoms with E-state index in [0.29, 0.717) is 0 Å². The van der Waals surface area contributed by atoms with E-state index in [9.17, 15) is 0 Å². The molecule has 4 N–H and O–H groups in total. The molecule has 0 aromatic heterocycles. The number of allylic oxidation sites excluding steroid dienone is 1. The van der Waals surface area contributed by atoms with Crippen molar-refractivity contribution in [3.05, 3.63) is 36.6 Å². The summed E-state index contributed by atoms with van der Waals surface area (Å²) < 4.78 is 5.62. The summed E-state index contributed by atoms with van der Waals surface area (Å²) in [6.07, 6.45) is 0. The molecule has 4 nitrogen and oxygen atoms in total. The number of hydrogen-bond donors (Lipinski definition) is 4. The maximum absolute atomic E-state index is 7.86. The zero-order valence-corrected chi connectivity index (χ0v) is 13.8. The fourth-order valence-corrected chi connectivity index (χ4v) is 1.02. The normalized spacial score (nSPS) is 9.30. The summed E-state index contributed by atoms with van der Waals surface area (Å²) in [5, 5.41) is 14.1. The molecule has 1 aromatic carbocycles. The van der Waals surface area contributed by atoms with Crippen LogP contribution in [-0.4, -0.2) is 16.5 Å². The van der Waals surface area contributed by atoms with Crippen molar-refractivity contribution in [1.82, 2.24) is 0 Å². The molecule has 0 atom stereocenters. The van der Waals surface area contributed by atoms with Crippen molar-refractivity contribution in [3.8, 4) is 5.75 Å². The van der Waals surface area contributed by atoms with Crippen LogP contribution in [0.1, 0.15) is 34.6 Å². The maximum Gasteiger partial charge on any atom is 0.120 e. The van der Waals surface area contributed by atoms with Gasteiger partial charge in [0.1, 0.15) is 11.4 Å². The molecule has 0 fully saturated rings. The SMILES string of the molecule is C=C(C)O.CC(=N)N.CC(C)(C)Oc1ccc(S)cc1. The number of nitrogens with two attached hydrogens (primary N) is 1. The molecule has 0 unspecified atom stereocenters. The van der Waals surface area contributed by atoms with E-state index < -0.39 is 0 Å². The Morgan fingerprint density at radius 2 is 1.55 bits per heavy atom. The average Bonchev–Trinajstić information content (AvgIpc) is 2.17. The van der Waals surface area contributed by atoms with Gasteiger partial charge in [-0.1, -0.05) is 6.58 Å². The summed E-state index contributed by atoms with van der Waals surface area (Å²) in [5.74, 6) is 1.22. The van der Waals surface area contributed by atoms with Crippen molar-refractivity contribution in [3.63, 3.8) is 0 Å². The summed E-state index contributed by atoms with van der Waals surface area (Å²) >= 11 is 4.19. The Morgan fingerprint density at radius 3 is 1.80 bits per heavy atom. The second-order valence-corrected chi connectivity index (χ2v) is 5.64. The minimum absolute atomic E-state index is 0.127. The molecule has 0 aliphatic rings. The molecule has 0 saturated heterocycles. The van der Waals surface area contributed by atoms with Crippen LogP contribution in [0.5, 0.6) is 5.75 Å². The Hall–Kier alpha value is -1.62. The van der Waals surface area contributed by atoms with Gasteiger partial charge in [-0.25, -0.2) is 0 Å². The highest BCUT2D eigenvalue weighted by Crippen LogP contribution is 2.19. The Bertz CT molecular complexity index is 389. The lowest BCUT2D eigenvalue weighted by Gasteiger charge is -2.21. The first-order valence-corrected chi connectivity index (χ1v) is 6.52. The predicted octanol–water partition coefficient (Wildman–Crippen LogP) is 4.17. The largest absolute Gasteiger partial charge is 0.513 e. The molecule has 20 heavy (non-hydrogen) atoms. The summed E-state index contributed by atoms with van der Waals surface area (Å²) in [6.45, 7) is 12.3. The van der Waals surface area contributed by atoms with Crippen molar-refractivity contribution < 1.29 is 9.84 Å². The van der Waals surface area contributed by atoms with Crippen molar-refractivity contribution in [2.24, 2.45) is 5.73 Å². The number of amidine groups is 1. The highest BCUT2D eigenvalue weighted by atomic mass is 32.1. The van der Waals surface area contributed by atoms with E-state index in [2.05, 4.69) is 19.2 Å². The molecule has 0 heterocycles. The summed E-state index contributed by atoms with van der Waals surface area (Å²) in [6, 6.07) is 7.69. The standard InChI is InChI=1S/C10H14OS.C3H6O.C2H6N2/c1-10(2,3)11-8-4-6-9(12)7-5-8;1-3(2)4;1-2(3)4/h4-7,12H,1-3H3;4H,1H2,2H3;1H3,(H3,3,4). The van der Waals surface area contributed by atoms with Gasteiger partial charge < -0.3 is 15.6 Å². The molecule has 0 bridgehead atoms. The highest BCUT2D eigenvalue weighted by Gasteiger charge is 2.10. The lowest BCUT2D eigenvalue weighted by Crippen LogP contribution is -2.22. The van der Waals surface area contributed by atoms with Crippen LogP contribution in [-0.2, 0) is 0 Å².